The number of nitrogens with zero attached hydrogens (tertiary/aromatic N) is 3. The third-order valence-electron chi connectivity index (χ3n) is 6.49. The molecule has 1 aliphatic carbocycles. The highest BCUT2D eigenvalue weighted by Gasteiger charge is 2.32. The minimum Gasteiger partial charge on any atom is -0.352 e. The first-order valence-electron chi connectivity index (χ1n) is 11.9. The molecule has 0 heterocycles. The van der Waals surface area contributed by atoms with Crippen molar-refractivity contribution in [3.63, 3.8) is 0 Å². The molecule has 0 aromatic heterocycles. The molecule has 0 aliphatic heterocycles. The summed E-state index contributed by atoms with van der Waals surface area (Å²) in [5.74, 6) is -1.52. The number of aryl methyl sites for hydroxylation is 1. The molecule has 3 rings (SSSR count). The van der Waals surface area contributed by atoms with Gasteiger partial charge in [0.25, 0.3) is 5.69 Å². The summed E-state index contributed by atoms with van der Waals surface area (Å²) >= 11 is 0. The topological polar surface area (TPSA) is 130 Å². The van der Waals surface area contributed by atoms with E-state index in [1.165, 1.54) is 41.3 Å². The van der Waals surface area contributed by atoms with Crippen molar-refractivity contribution in [2.45, 2.75) is 58.2 Å². The molecular formula is C25H31FN4O6S. The number of nitro benzene ring substituents is 1. The monoisotopic (exact) mass is 534 g/mol. The highest BCUT2D eigenvalue weighted by molar-refractivity contribution is 7.92. The Morgan fingerprint density at radius 1 is 1.16 bits per heavy atom. The maximum atomic E-state index is 13.6. The number of anilines is 1. The molecule has 0 radical (unpaired) electrons. The highest BCUT2D eigenvalue weighted by Crippen LogP contribution is 2.28. The first-order chi connectivity index (χ1) is 17.4. The zero-order valence-electron chi connectivity index (χ0n) is 21.0. The van der Waals surface area contributed by atoms with Crippen molar-refractivity contribution in [1.82, 2.24) is 10.2 Å². The largest absolute Gasteiger partial charge is 0.352 e. The van der Waals surface area contributed by atoms with Crippen molar-refractivity contribution < 1.29 is 27.3 Å². The molecule has 1 N–H and O–H groups in total. The quantitative estimate of drug-likeness (QED) is 0.368. The van der Waals surface area contributed by atoms with E-state index in [0.717, 1.165) is 42.3 Å². The number of carbonyl (C=O) groups is 2. The van der Waals surface area contributed by atoms with Gasteiger partial charge in [-0.3, -0.25) is 24.0 Å². The Morgan fingerprint density at radius 3 is 2.35 bits per heavy atom. The first-order valence-corrected chi connectivity index (χ1v) is 13.8. The predicted octanol–water partition coefficient (Wildman–Crippen LogP) is 3.28. The van der Waals surface area contributed by atoms with Gasteiger partial charge in [-0.1, -0.05) is 31.0 Å². The number of amides is 2. The van der Waals surface area contributed by atoms with E-state index in [1.807, 2.05) is 0 Å². The van der Waals surface area contributed by atoms with Crippen molar-refractivity contribution in [1.29, 1.82) is 0 Å². The lowest BCUT2D eigenvalue weighted by Gasteiger charge is -2.32. The second-order valence-corrected chi connectivity index (χ2v) is 11.2. The molecule has 10 nitrogen and oxygen atoms in total. The molecule has 1 atom stereocenters. The summed E-state index contributed by atoms with van der Waals surface area (Å²) in [6, 6.07) is 8.24. The summed E-state index contributed by atoms with van der Waals surface area (Å²) in [5, 5.41) is 14.2. The number of benzene rings is 2. The Labute approximate surface area is 215 Å². The number of rotatable bonds is 10. The molecule has 0 spiro atoms. The molecule has 1 aliphatic rings. The number of carbonyl (C=O) groups excluding carboxylic acids is 2. The molecule has 37 heavy (non-hydrogen) atoms. The normalized spacial score (nSPS) is 14.7. The van der Waals surface area contributed by atoms with Crippen LogP contribution in [-0.4, -0.2) is 54.9 Å². The van der Waals surface area contributed by atoms with Crippen molar-refractivity contribution in [2.24, 2.45) is 0 Å². The fourth-order valence-electron chi connectivity index (χ4n) is 4.34. The second kappa shape index (κ2) is 11.7. The standard InChI is InChI=1S/C25H31FN4O6S/c1-17-8-13-22(30(33)34)14-23(17)29(37(3,35)36)16-24(31)28(15-19-9-11-20(26)12-10-19)18(2)25(32)27-21-6-4-5-7-21/h8-14,18,21H,4-7,15-16H2,1-3H3,(H,27,32)/t18-/m0/s1. The van der Waals surface area contributed by atoms with Gasteiger partial charge in [-0.15, -0.1) is 0 Å². The highest BCUT2D eigenvalue weighted by atomic mass is 32.2. The van der Waals surface area contributed by atoms with Gasteiger partial charge < -0.3 is 10.2 Å². The number of nitro groups is 1. The van der Waals surface area contributed by atoms with Gasteiger partial charge in [-0.25, -0.2) is 12.8 Å². The lowest BCUT2D eigenvalue weighted by Crippen LogP contribution is -2.52. The Balaban J connectivity index is 1.93. The minimum absolute atomic E-state index is 0.00478. The zero-order valence-corrected chi connectivity index (χ0v) is 21.8. The summed E-state index contributed by atoms with van der Waals surface area (Å²) in [6.45, 7) is 2.39. The Morgan fingerprint density at radius 2 is 1.78 bits per heavy atom. The number of sulfonamides is 1. The SMILES string of the molecule is Cc1ccc([N+](=O)[O-])cc1N(CC(=O)N(Cc1ccc(F)cc1)[C@@H](C)C(=O)NC1CCCC1)S(C)(=O)=O. The van der Waals surface area contributed by atoms with Crippen LogP contribution >= 0.6 is 0 Å². The van der Waals surface area contributed by atoms with Crippen LogP contribution in [-0.2, 0) is 26.2 Å². The van der Waals surface area contributed by atoms with E-state index in [4.69, 9.17) is 0 Å². The molecule has 2 aromatic rings. The van der Waals surface area contributed by atoms with Gasteiger partial charge in [0.15, 0.2) is 0 Å². The van der Waals surface area contributed by atoms with Gasteiger partial charge >= 0.3 is 0 Å². The molecule has 0 unspecified atom stereocenters. The van der Waals surface area contributed by atoms with E-state index in [2.05, 4.69) is 5.32 Å². The van der Waals surface area contributed by atoms with Crippen molar-refractivity contribution in [2.75, 3.05) is 17.1 Å². The molecule has 12 heteroatoms. The average Bonchev–Trinajstić information content (AvgIpc) is 3.34. The van der Waals surface area contributed by atoms with E-state index in [9.17, 15) is 32.5 Å². The average molecular weight is 535 g/mol. The third-order valence-corrected chi connectivity index (χ3v) is 7.61. The van der Waals surface area contributed by atoms with Crippen LogP contribution in [0.1, 0.15) is 43.7 Å². The molecule has 0 saturated heterocycles. The third kappa shape index (κ3) is 7.25. The summed E-state index contributed by atoms with van der Waals surface area (Å²) in [6.07, 6.45) is 4.60. The van der Waals surface area contributed by atoms with E-state index < -0.39 is 39.3 Å². The lowest BCUT2D eigenvalue weighted by atomic mass is 10.1. The van der Waals surface area contributed by atoms with E-state index in [-0.39, 0.29) is 29.9 Å². The van der Waals surface area contributed by atoms with E-state index in [0.29, 0.717) is 11.1 Å². The molecule has 200 valence electrons. The van der Waals surface area contributed by atoms with Crippen molar-refractivity contribution >= 4 is 33.2 Å². The van der Waals surface area contributed by atoms with Crippen LogP contribution in [0.25, 0.3) is 0 Å². The fourth-order valence-corrected chi connectivity index (χ4v) is 5.23. The van der Waals surface area contributed by atoms with Crippen molar-refractivity contribution in [3.05, 3.63) is 69.5 Å². The molecule has 0 bridgehead atoms. The zero-order chi connectivity index (χ0) is 27.3. The van der Waals surface area contributed by atoms with E-state index >= 15 is 0 Å². The van der Waals surface area contributed by atoms with Crippen molar-refractivity contribution in [3.8, 4) is 0 Å². The summed E-state index contributed by atoms with van der Waals surface area (Å²) in [5.41, 5.74) is 0.637. The van der Waals surface area contributed by atoms with Crippen LogP contribution in [0, 0.1) is 22.9 Å². The fraction of sp³-hybridized carbons (Fsp3) is 0.440. The van der Waals surface area contributed by atoms with Gasteiger partial charge in [0, 0.05) is 24.7 Å². The number of hydrogen-bond donors (Lipinski definition) is 1. The van der Waals surface area contributed by atoms with Crippen LogP contribution in [0.4, 0.5) is 15.8 Å². The predicted molar refractivity (Wildman–Crippen MR) is 137 cm³/mol. The lowest BCUT2D eigenvalue weighted by molar-refractivity contribution is -0.384. The van der Waals surface area contributed by atoms with Crippen LogP contribution in [0.2, 0.25) is 0 Å². The number of non-ortho nitro benzene ring substituents is 1. The van der Waals surface area contributed by atoms with Gasteiger partial charge in [0.2, 0.25) is 21.8 Å². The molecule has 1 fully saturated rings. The first kappa shape index (κ1) is 28.0. The molecule has 2 aromatic carbocycles. The van der Waals surface area contributed by atoms with Crippen LogP contribution in [0.15, 0.2) is 42.5 Å². The number of nitrogens with one attached hydrogen (secondary N) is 1. The summed E-state index contributed by atoms with van der Waals surface area (Å²) in [4.78, 5) is 38.5. The Hall–Kier alpha value is -3.54. The van der Waals surface area contributed by atoms with Crippen LogP contribution < -0.4 is 9.62 Å². The molecular weight excluding hydrogens is 503 g/mol. The summed E-state index contributed by atoms with van der Waals surface area (Å²) < 4.78 is 39.7. The van der Waals surface area contributed by atoms with Crippen LogP contribution in [0.3, 0.4) is 0 Å². The minimum atomic E-state index is -4.04. The van der Waals surface area contributed by atoms with Gasteiger partial charge in [-0.05, 0) is 49.9 Å². The number of halogens is 1. The maximum Gasteiger partial charge on any atom is 0.271 e. The summed E-state index contributed by atoms with van der Waals surface area (Å²) in [7, 11) is -4.04. The van der Waals surface area contributed by atoms with E-state index in [1.54, 1.807) is 13.8 Å². The maximum absolute atomic E-state index is 13.6. The molecule has 1 saturated carbocycles. The number of hydrogen-bond acceptors (Lipinski definition) is 6. The van der Waals surface area contributed by atoms with Crippen LogP contribution in [0.5, 0.6) is 0 Å². The Kier molecular flexibility index (Phi) is 8.85. The van der Waals surface area contributed by atoms with Gasteiger partial charge in [-0.2, -0.15) is 0 Å². The van der Waals surface area contributed by atoms with Gasteiger partial charge in [0.1, 0.15) is 18.4 Å². The van der Waals surface area contributed by atoms with Gasteiger partial charge in [0.05, 0.1) is 16.9 Å². The molecule has 2 amide bonds. The smallest absolute Gasteiger partial charge is 0.271 e. The Bertz CT molecular complexity index is 1260. The second-order valence-electron chi connectivity index (χ2n) is 9.31.